The van der Waals surface area contributed by atoms with Crippen LogP contribution in [0, 0.1) is 0 Å². The first-order chi connectivity index (χ1) is 9.99. The van der Waals surface area contributed by atoms with Crippen LogP contribution in [0.1, 0.15) is 50.1 Å². The van der Waals surface area contributed by atoms with Gasteiger partial charge < -0.3 is 15.1 Å². The van der Waals surface area contributed by atoms with Crippen LogP contribution in [0.2, 0.25) is 0 Å². The highest BCUT2D eigenvalue weighted by atomic mass is 32.1. The van der Waals surface area contributed by atoms with Crippen LogP contribution in [-0.4, -0.2) is 50.7 Å². The van der Waals surface area contributed by atoms with Gasteiger partial charge in [-0.05, 0) is 39.4 Å². The van der Waals surface area contributed by atoms with E-state index in [-0.39, 0.29) is 0 Å². The second-order valence-electron chi connectivity index (χ2n) is 6.02. The Kier molecular flexibility index (Phi) is 8.22. The largest absolute Gasteiger partial charge is 0.350 e. The molecular weight excluding hydrogens is 280 g/mol. The summed E-state index contributed by atoms with van der Waals surface area (Å²) in [6, 6.07) is 0. The number of anilines is 1. The molecule has 1 aromatic heterocycles. The summed E-state index contributed by atoms with van der Waals surface area (Å²) >= 11 is 1.85. The van der Waals surface area contributed by atoms with Gasteiger partial charge in [0.2, 0.25) is 0 Å². The molecule has 0 bridgehead atoms. The number of hydrogen-bond acceptors (Lipinski definition) is 5. The molecular formula is C16H32N4S. The van der Waals surface area contributed by atoms with Gasteiger partial charge in [0, 0.05) is 31.6 Å². The Morgan fingerprint density at radius 1 is 1.19 bits per heavy atom. The van der Waals surface area contributed by atoms with Crippen molar-refractivity contribution in [2.75, 3.05) is 45.7 Å². The molecule has 0 radical (unpaired) electrons. The lowest BCUT2D eigenvalue weighted by atomic mass is 10.0. The van der Waals surface area contributed by atoms with Crippen LogP contribution in [0.3, 0.4) is 0 Å². The lowest BCUT2D eigenvalue weighted by Gasteiger charge is -2.18. The number of rotatable bonds is 10. The van der Waals surface area contributed by atoms with Crippen LogP contribution < -0.4 is 10.2 Å². The SMILES string of the molecule is CCCNCc1sc(N(C)CCN(C)C)nc1C(C)CC. The van der Waals surface area contributed by atoms with Gasteiger partial charge in [0.1, 0.15) is 0 Å². The van der Waals surface area contributed by atoms with Crippen molar-refractivity contribution in [2.45, 2.75) is 46.1 Å². The minimum atomic E-state index is 0.538. The Balaban J connectivity index is 2.80. The monoisotopic (exact) mass is 312 g/mol. The van der Waals surface area contributed by atoms with Crippen LogP contribution in [0.15, 0.2) is 0 Å². The molecule has 122 valence electrons. The van der Waals surface area contributed by atoms with E-state index in [1.54, 1.807) is 0 Å². The Bertz CT molecular complexity index is 403. The van der Waals surface area contributed by atoms with Crippen molar-refractivity contribution in [2.24, 2.45) is 0 Å². The number of likely N-dealkylation sites (N-methyl/N-ethyl adjacent to an activating group) is 2. The first-order valence-electron chi connectivity index (χ1n) is 8.05. The normalized spacial score (nSPS) is 12.9. The topological polar surface area (TPSA) is 31.4 Å². The summed E-state index contributed by atoms with van der Waals surface area (Å²) < 4.78 is 0. The summed E-state index contributed by atoms with van der Waals surface area (Å²) in [5.74, 6) is 0.538. The van der Waals surface area contributed by atoms with Gasteiger partial charge in [-0.2, -0.15) is 0 Å². The zero-order valence-corrected chi connectivity index (χ0v) is 15.4. The van der Waals surface area contributed by atoms with E-state index in [0.29, 0.717) is 5.92 Å². The summed E-state index contributed by atoms with van der Waals surface area (Å²) in [4.78, 5) is 10.8. The first kappa shape index (κ1) is 18.4. The van der Waals surface area contributed by atoms with Gasteiger partial charge in [-0.15, -0.1) is 11.3 Å². The van der Waals surface area contributed by atoms with Gasteiger partial charge in [-0.25, -0.2) is 4.98 Å². The molecule has 5 heteroatoms. The van der Waals surface area contributed by atoms with Gasteiger partial charge in [0.25, 0.3) is 0 Å². The fourth-order valence-electron chi connectivity index (χ4n) is 2.04. The number of aromatic nitrogens is 1. The molecule has 0 saturated heterocycles. The lowest BCUT2D eigenvalue weighted by Crippen LogP contribution is -2.28. The minimum absolute atomic E-state index is 0.538. The summed E-state index contributed by atoms with van der Waals surface area (Å²) in [7, 11) is 6.37. The van der Waals surface area contributed by atoms with Crippen LogP contribution in [-0.2, 0) is 6.54 Å². The van der Waals surface area contributed by atoms with Crippen LogP contribution in [0.5, 0.6) is 0 Å². The fraction of sp³-hybridized carbons (Fsp3) is 0.812. The van der Waals surface area contributed by atoms with E-state index in [9.17, 15) is 0 Å². The molecule has 0 aromatic carbocycles. The Morgan fingerprint density at radius 3 is 2.48 bits per heavy atom. The second-order valence-corrected chi connectivity index (χ2v) is 7.08. The molecule has 0 amide bonds. The van der Waals surface area contributed by atoms with Crippen molar-refractivity contribution in [1.82, 2.24) is 15.2 Å². The molecule has 21 heavy (non-hydrogen) atoms. The summed E-state index contributed by atoms with van der Waals surface area (Å²) in [5.41, 5.74) is 1.29. The first-order valence-corrected chi connectivity index (χ1v) is 8.87. The van der Waals surface area contributed by atoms with E-state index in [1.807, 2.05) is 11.3 Å². The molecule has 0 aliphatic carbocycles. The third kappa shape index (κ3) is 5.93. The van der Waals surface area contributed by atoms with Crippen molar-refractivity contribution in [3.63, 3.8) is 0 Å². The smallest absolute Gasteiger partial charge is 0.185 e. The quantitative estimate of drug-likeness (QED) is 0.673. The summed E-state index contributed by atoms with van der Waals surface area (Å²) in [6.07, 6.45) is 2.32. The molecule has 0 aliphatic heterocycles. The zero-order valence-electron chi connectivity index (χ0n) is 14.6. The van der Waals surface area contributed by atoms with Crippen LogP contribution >= 0.6 is 11.3 Å². The molecule has 4 nitrogen and oxygen atoms in total. The maximum atomic E-state index is 4.92. The highest BCUT2D eigenvalue weighted by Gasteiger charge is 2.17. The van der Waals surface area contributed by atoms with Crippen LogP contribution in [0.25, 0.3) is 0 Å². The third-order valence-corrected chi connectivity index (χ3v) is 4.90. The van der Waals surface area contributed by atoms with Gasteiger partial charge in [-0.1, -0.05) is 20.8 Å². The predicted octanol–water partition coefficient (Wildman–Crippen LogP) is 3.15. The molecule has 0 saturated carbocycles. The third-order valence-electron chi connectivity index (χ3n) is 3.72. The molecule has 1 unspecified atom stereocenters. The predicted molar refractivity (Wildman–Crippen MR) is 94.6 cm³/mol. The molecule has 1 heterocycles. The van der Waals surface area contributed by atoms with Gasteiger partial charge in [-0.3, -0.25) is 0 Å². The highest BCUT2D eigenvalue weighted by molar-refractivity contribution is 7.15. The van der Waals surface area contributed by atoms with Crippen LogP contribution in [0.4, 0.5) is 5.13 Å². The minimum Gasteiger partial charge on any atom is -0.350 e. The molecule has 0 spiro atoms. The van der Waals surface area contributed by atoms with Gasteiger partial charge >= 0.3 is 0 Å². The van der Waals surface area contributed by atoms with E-state index < -0.39 is 0 Å². The standard InChI is InChI=1S/C16H32N4S/c1-7-9-17-12-14-15(13(3)8-2)18-16(21-14)20(6)11-10-19(4)5/h13,17H,7-12H2,1-6H3. The van der Waals surface area contributed by atoms with E-state index in [2.05, 4.69) is 57.0 Å². The van der Waals surface area contributed by atoms with Gasteiger partial charge in [0.15, 0.2) is 5.13 Å². The van der Waals surface area contributed by atoms with E-state index in [0.717, 1.165) is 37.7 Å². The summed E-state index contributed by atoms with van der Waals surface area (Å²) in [6.45, 7) is 10.8. The molecule has 1 rings (SSSR count). The number of hydrogen-bond donors (Lipinski definition) is 1. The highest BCUT2D eigenvalue weighted by Crippen LogP contribution is 2.31. The number of thiazole rings is 1. The Morgan fingerprint density at radius 2 is 1.90 bits per heavy atom. The number of nitrogens with one attached hydrogen (secondary N) is 1. The van der Waals surface area contributed by atoms with Crippen molar-refractivity contribution in [3.8, 4) is 0 Å². The van der Waals surface area contributed by atoms with Crippen molar-refractivity contribution in [1.29, 1.82) is 0 Å². The van der Waals surface area contributed by atoms with E-state index in [1.165, 1.54) is 17.0 Å². The lowest BCUT2D eigenvalue weighted by molar-refractivity contribution is 0.416. The Labute approximate surface area is 134 Å². The summed E-state index contributed by atoms with van der Waals surface area (Å²) in [5, 5.41) is 4.67. The van der Waals surface area contributed by atoms with E-state index >= 15 is 0 Å². The molecule has 0 fully saturated rings. The zero-order chi connectivity index (χ0) is 15.8. The van der Waals surface area contributed by atoms with Crippen molar-refractivity contribution < 1.29 is 0 Å². The molecule has 1 aromatic rings. The number of nitrogens with zero attached hydrogens (tertiary/aromatic N) is 3. The fourth-order valence-corrected chi connectivity index (χ4v) is 3.18. The Hall–Kier alpha value is -0.650. The van der Waals surface area contributed by atoms with Crippen molar-refractivity contribution in [3.05, 3.63) is 10.6 Å². The van der Waals surface area contributed by atoms with Crippen molar-refractivity contribution >= 4 is 16.5 Å². The molecule has 0 aliphatic rings. The van der Waals surface area contributed by atoms with E-state index in [4.69, 9.17) is 4.98 Å². The second kappa shape index (κ2) is 9.38. The molecule has 1 atom stereocenters. The maximum Gasteiger partial charge on any atom is 0.185 e. The van der Waals surface area contributed by atoms with Gasteiger partial charge in [0.05, 0.1) is 5.69 Å². The molecule has 1 N–H and O–H groups in total. The average Bonchev–Trinajstić information content (AvgIpc) is 2.88. The maximum absolute atomic E-state index is 4.92. The average molecular weight is 313 g/mol.